The Kier molecular flexibility index (Phi) is 14.5. The van der Waals surface area contributed by atoms with Gasteiger partial charge in [0.2, 0.25) is 0 Å². The van der Waals surface area contributed by atoms with Crippen LogP contribution in [0.1, 0.15) is 120 Å². The molecule has 7 heteroatoms. The van der Waals surface area contributed by atoms with E-state index in [4.69, 9.17) is 9.73 Å². The van der Waals surface area contributed by atoms with Gasteiger partial charge in [-0.3, -0.25) is 14.8 Å². The van der Waals surface area contributed by atoms with E-state index in [1.807, 2.05) is 24.4 Å². The van der Waals surface area contributed by atoms with Crippen LogP contribution in [-0.2, 0) is 26.8 Å². The Labute approximate surface area is 461 Å². The molecular weight excluding hydrogens is 955 g/mol. The number of anilines is 1. The first-order valence-corrected chi connectivity index (χ1v) is 28.1. The number of aromatic nitrogens is 3. The number of esters is 1. The number of benzene rings is 6. The van der Waals surface area contributed by atoms with Crippen LogP contribution in [0.25, 0.3) is 44.4 Å². The highest BCUT2D eigenvalue weighted by Crippen LogP contribution is 2.41. The second-order valence-corrected chi connectivity index (χ2v) is 23.7. The summed E-state index contributed by atoms with van der Waals surface area (Å²) in [6.45, 7) is 18.6. The monoisotopic (exact) mass is 1030 g/mol. The molecule has 0 saturated heterocycles. The van der Waals surface area contributed by atoms with Crippen molar-refractivity contribution in [3.63, 3.8) is 0 Å². The summed E-state index contributed by atoms with van der Waals surface area (Å²) in [5.41, 5.74) is 14.9. The van der Waals surface area contributed by atoms with Crippen molar-refractivity contribution in [2.75, 3.05) is 11.5 Å². The van der Waals surface area contributed by atoms with E-state index < -0.39 is 0 Å². The lowest BCUT2D eigenvalue weighted by atomic mass is 9.79. The molecule has 394 valence electrons. The SMILES string of the molecule is CCC(CC(CC(C)c1cc(-n2cc(C(C)(C)C)c3ccccc32)cc(-n2cc(C(C)(C)C)c3ccccc32)c1)c1cccc(C2=NC3C=CC=CC3N2c2ccccc2)c1)C(=O)OCCc1cccc(-c2ccccn2)c1. The van der Waals surface area contributed by atoms with Crippen molar-refractivity contribution >= 4 is 39.3 Å². The van der Waals surface area contributed by atoms with Crippen molar-refractivity contribution in [3.8, 4) is 22.6 Å². The second-order valence-electron chi connectivity index (χ2n) is 23.7. The molecule has 0 radical (unpaired) electrons. The summed E-state index contributed by atoms with van der Waals surface area (Å²) < 4.78 is 11.1. The van der Waals surface area contributed by atoms with Crippen LogP contribution in [0, 0.1) is 5.92 Å². The third kappa shape index (κ3) is 10.7. The number of pyridine rings is 1. The summed E-state index contributed by atoms with van der Waals surface area (Å²) in [7, 11) is 0. The van der Waals surface area contributed by atoms with E-state index >= 15 is 0 Å². The predicted octanol–water partition coefficient (Wildman–Crippen LogP) is 16.8. The van der Waals surface area contributed by atoms with Gasteiger partial charge in [-0.2, -0.15) is 0 Å². The minimum absolute atomic E-state index is 0.00802. The number of aliphatic imine (C=N–C) groups is 1. The fourth-order valence-electron chi connectivity index (χ4n) is 12.0. The van der Waals surface area contributed by atoms with Gasteiger partial charge in [-0.25, -0.2) is 0 Å². The lowest BCUT2D eigenvalue weighted by Gasteiger charge is -2.29. The summed E-state index contributed by atoms with van der Waals surface area (Å²) in [5, 5.41) is 2.54. The normalized spacial score (nSPS) is 16.6. The predicted molar refractivity (Wildman–Crippen MR) is 324 cm³/mol. The van der Waals surface area contributed by atoms with Crippen molar-refractivity contribution in [2.45, 2.75) is 116 Å². The number of carbonyl (C=O) groups excluding carboxylic acids is 1. The molecule has 0 spiro atoms. The Balaban J connectivity index is 0.978. The van der Waals surface area contributed by atoms with Gasteiger partial charge in [-0.1, -0.05) is 177 Å². The number of amidine groups is 1. The van der Waals surface area contributed by atoms with Crippen LogP contribution in [0.15, 0.2) is 212 Å². The zero-order chi connectivity index (χ0) is 54.1. The first-order valence-electron chi connectivity index (χ1n) is 28.1. The Bertz CT molecular complexity index is 3590. The van der Waals surface area contributed by atoms with Crippen LogP contribution in [0.4, 0.5) is 5.69 Å². The van der Waals surface area contributed by atoms with E-state index in [1.54, 1.807) is 0 Å². The Morgan fingerprint density at radius 2 is 1.24 bits per heavy atom. The summed E-state index contributed by atoms with van der Waals surface area (Å²) in [5.74, 6) is 0.609. The van der Waals surface area contributed by atoms with Crippen LogP contribution in [0.5, 0.6) is 0 Å². The molecule has 5 unspecified atom stereocenters. The number of hydrogen-bond acceptors (Lipinski definition) is 5. The Morgan fingerprint density at radius 1 is 0.615 bits per heavy atom. The maximum Gasteiger partial charge on any atom is 0.308 e. The van der Waals surface area contributed by atoms with Gasteiger partial charge >= 0.3 is 5.97 Å². The lowest BCUT2D eigenvalue weighted by molar-refractivity contribution is -0.149. The number of hydrogen-bond donors (Lipinski definition) is 0. The summed E-state index contributed by atoms with van der Waals surface area (Å²) in [4.78, 5) is 26.8. The molecule has 1 aliphatic heterocycles. The first-order chi connectivity index (χ1) is 37.7. The molecule has 0 saturated carbocycles. The molecule has 0 fully saturated rings. The van der Waals surface area contributed by atoms with Crippen molar-refractivity contribution in [1.29, 1.82) is 0 Å². The Morgan fingerprint density at radius 3 is 1.90 bits per heavy atom. The average molecular weight is 1030 g/mol. The van der Waals surface area contributed by atoms with Gasteiger partial charge in [0.05, 0.1) is 41.3 Å². The highest BCUT2D eigenvalue weighted by molar-refractivity contribution is 6.12. The smallest absolute Gasteiger partial charge is 0.308 e. The van der Waals surface area contributed by atoms with Gasteiger partial charge in [-0.05, 0) is 136 Å². The van der Waals surface area contributed by atoms with Gasteiger partial charge in [0.25, 0.3) is 0 Å². The van der Waals surface area contributed by atoms with Crippen LogP contribution in [0.3, 0.4) is 0 Å². The van der Waals surface area contributed by atoms with Crippen molar-refractivity contribution in [3.05, 3.63) is 240 Å². The van der Waals surface area contributed by atoms with E-state index in [0.717, 1.165) is 51.7 Å². The minimum Gasteiger partial charge on any atom is -0.465 e. The van der Waals surface area contributed by atoms with Crippen LogP contribution < -0.4 is 4.90 Å². The molecule has 4 heterocycles. The highest BCUT2D eigenvalue weighted by Gasteiger charge is 2.36. The van der Waals surface area contributed by atoms with Crippen LogP contribution in [-0.4, -0.2) is 44.6 Å². The molecule has 3 aromatic heterocycles. The standard InChI is InChI=1S/C71H73N5O2/c1-9-50(69(77)78-38-36-49-23-21-25-52(40-49)63-31-19-20-37-72-63)41-55(51-24-22-26-53(42-51)68-73-64-32-15-18-35-67(64)76(68)56-27-11-10-12-28-56)39-48(2)54-43-57(74-46-61(70(3,4)5)59-29-13-16-33-65(59)74)45-58(44-54)75-47-62(71(6,7)8)60-30-14-17-34-66(60)75/h10-35,37,40,42-48,50,55,64,67H,9,36,38-39,41H2,1-8H3. The molecule has 2 aliphatic rings. The molecular formula is C71H73N5O2. The van der Waals surface area contributed by atoms with Crippen molar-refractivity contribution in [1.82, 2.24) is 14.1 Å². The molecule has 0 N–H and O–H groups in total. The summed E-state index contributed by atoms with van der Waals surface area (Å²) in [6, 6.07) is 58.9. The van der Waals surface area contributed by atoms with Crippen LogP contribution in [0.2, 0.25) is 0 Å². The molecule has 0 bridgehead atoms. The summed E-state index contributed by atoms with van der Waals surface area (Å²) >= 11 is 0. The number of fused-ring (bicyclic) bond motifs is 3. The summed E-state index contributed by atoms with van der Waals surface area (Å²) in [6.07, 6.45) is 18.0. The van der Waals surface area contributed by atoms with E-state index in [9.17, 15) is 4.79 Å². The zero-order valence-electron chi connectivity index (χ0n) is 46.6. The third-order valence-electron chi connectivity index (χ3n) is 16.2. The lowest BCUT2D eigenvalue weighted by Crippen LogP contribution is -2.39. The highest BCUT2D eigenvalue weighted by atomic mass is 16.5. The first kappa shape index (κ1) is 52.0. The van der Waals surface area contributed by atoms with E-state index in [0.29, 0.717) is 25.9 Å². The molecule has 78 heavy (non-hydrogen) atoms. The van der Waals surface area contributed by atoms with Crippen molar-refractivity contribution in [2.24, 2.45) is 10.9 Å². The number of rotatable bonds is 16. The van der Waals surface area contributed by atoms with Gasteiger partial charge < -0.3 is 18.8 Å². The quantitative estimate of drug-likeness (QED) is 0.0905. The maximum atomic E-state index is 14.5. The van der Waals surface area contributed by atoms with Crippen molar-refractivity contribution < 1.29 is 9.53 Å². The maximum absolute atomic E-state index is 14.5. The molecule has 5 atom stereocenters. The topological polar surface area (TPSA) is 64.7 Å². The molecule has 9 aromatic rings. The molecule has 1 aliphatic carbocycles. The van der Waals surface area contributed by atoms with Gasteiger partial charge in [0.1, 0.15) is 5.84 Å². The largest absolute Gasteiger partial charge is 0.465 e. The van der Waals surface area contributed by atoms with Gasteiger partial charge in [0, 0.05) is 64.0 Å². The second kappa shape index (κ2) is 21.8. The number of allylic oxidation sites excluding steroid dienone is 2. The average Bonchev–Trinajstić information content (AvgIpc) is 4.19. The number of carbonyl (C=O) groups is 1. The van der Waals surface area contributed by atoms with Crippen LogP contribution >= 0.6 is 0 Å². The minimum atomic E-state index is -0.306. The number of ether oxygens (including phenoxy) is 1. The molecule has 0 amide bonds. The third-order valence-corrected chi connectivity index (χ3v) is 16.2. The fourth-order valence-corrected chi connectivity index (χ4v) is 12.0. The Hall–Kier alpha value is -8.03. The fraction of sp³-hybridized carbons (Fsp3) is 0.282. The van der Waals surface area contributed by atoms with E-state index in [-0.39, 0.29) is 46.6 Å². The molecule has 11 rings (SSSR count). The number of para-hydroxylation sites is 3. The molecule has 7 nitrogen and oxygen atoms in total. The van der Waals surface area contributed by atoms with Gasteiger partial charge in [-0.15, -0.1) is 0 Å². The number of nitrogens with zero attached hydrogens (tertiary/aromatic N) is 5. The van der Waals surface area contributed by atoms with E-state index in [2.05, 4.69) is 257 Å². The zero-order valence-corrected chi connectivity index (χ0v) is 46.6. The van der Waals surface area contributed by atoms with Gasteiger partial charge in [0.15, 0.2) is 0 Å². The molecule has 6 aromatic carbocycles. The van der Waals surface area contributed by atoms with E-state index in [1.165, 1.54) is 44.1 Å².